The molecule has 0 aliphatic heterocycles. The molecule has 4 nitrogen and oxygen atoms in total. The lowest BCUT2D eigenvalue weighted by atomic mass is 10.1. The molecule has 2 amide bonds. The Morgan fingerprint density at radius 2 is 1.86 bits per heavy atom. The molecule has 0 radical (unpaired) electrons. The monoisotopic (exact) mass is 338 g/mol. The second-order valence-electron chi connectivity index (χ2n) is 4.89. The molecule has 0 bridgehead atoms. The summed E-state index contributed by atoms with van der Waals surface area (Å²) in [5.74, 6) is 0. The summed E-state index contributed by atoms with van der Waals surface area (Å²) < 4.78 is 0. The van der Waals surface area contributed by atoms with Gasteiger partial charge in [0.15, 0.2) is 0 Å². The Hall–Kier alpha value is -1.75. The Morgan fingerprint density at radius 1 is 1.18 bits per heavy atom. The number of aliphatic hydroxyl groups is 1. The fourth-order valence-electron chi connectivity index (χ4n) is 1.85. The van der Waals surface area contributed by atoms with Crippen molar-refractivity contribution in [3.05, 3.63) is 63.6 Å². The average Bonchev–Trinajstić information content (AvgIpc) is 2.48. The minimum Gasteiger partial charge on any atom is -0.387 e. The van der Waals surface area contributed by atoms with Crippen molar-refractivity contribution >= 4 is 34.9 Å². The smallest absolute Gasteiger partial charge is 0.319 e. The third-order valence-corrected chi connectivity index (χ3v) is 3.65. The fourth-order valence-corrected chi connectivity index (χ4v) is 2.31. The highest BCUT2D eigenvalue weighted by atomic mass is 35.5. The zero-order valence-electron chi connectivity index (χ0n) is 11.9. The van der Waals surface area contributed by atoms with Crippen molar-refractivity contribution < 1.29 is 9.90 Å². The van der Waals surface area contributed by atoms with E-state index in [1.54, 1.807) is 18.2 Å². The number of rotatable bonds is 4. The Labute approximate surface area is 139 Å². The zero-order chi connectivity index (χ0) is 16.1. The summed E-state index contributed by atoms with van der Waals surface area (Å²) in [6.45, 7) is 2.07. The Morgan fingerprint density at radius 3 is 2.50 bits per heavy atom. The second-order valence-corrected chi connectivity index (χ2v) is 5.73. The van der Waals surface area contributed by atoms with Gasteiger partial charge in [0.25, 0.3) is 0 Å². The topological polar surface area (TPSA) is 61.4 Å². The fraction of sp³-hybridized carbons (Fsp3) is 0.188. The highest BCUT2D eigenvalue weighted by Crippen LogP contribution is 2.25. The van der Waals surface area contributed by atoms with E-state index in [0.717, 1.165) is 11.1 Å². The van der Waals surface area contributed by atoms with Gasteiger partial charge < -0.3 is 15.7 Å². The number of amides is 2. The minimum absolute atomic E-state index is 0.0973. The first-order chi connectivity index (χ1) is 10.5. The van der Waals surface area contributed by atoms with E-state index in [-0.39, 0.29) is 6.54 Å². The summed E-state index contributed by atoms with van der Waals surface area (Å²) >= 11 is 11.8. The van der Waals surface area contributed by atoms with E-state index in [1.807, 2.05) is 31.2 Å². The Kier molecular flexibility index (Phi) is 5.66. The number of halogens is 2. The number of hydrogen-bond acceptors (Lipinski definition) is 2. The van der Waals surface area contributed by atoms with Crippen LogP contribution in [-0.2, 0) is 0 Å². The summed E-state index contributed by atoms with van der Waals surface area (Å²) in [6, 6.07) is 11.8. The van der Waals surface area contributed by atoms with E-state index in [4.69, 9.17) is 23.2 Å². The lowest BCUT2D eigenvalue weighted by molar-refractivity contribution is 0.175. The van der Waals surface area contributed by atoms with Crippen LogP contribution in [0.5, 0.6) is 0 Å². The van der Waals surface area contributed by atoms with Crippen LogP contribution in [0.25, 0.3) is 0 Å². The molecule has 0 heterocycles. The van der Waals surface area contributed by atoms with E-state index in [9.17, 15) is 9.90 Å². The van der Waals surface area contributed by atoms with Crippen molar-refractivity contribution in [2.75, 3.05) is 11.9 Å². The second kappa shape index (κ2) is 7.49. The standard InChI is InChI=1S/C16H16Cl2N2O2/c1-10-2-4-11(5-3-10)15(21)9-19-16(22)20-14-7-6-12(17)8-13(14)18/h2-8,15,21H,9H2,1H3,(H2,19,20,22)/t15-/m1/s1. The highest BCUT2D eigenvalue weighted by Gasteiger charge is 2.10. The van der Waals surface area contributed by atoms with Gasteiger partial charge in [0.1, 0.15) is 0 Å². The summed E-state index contributed by atoms with van der Waals surface area (Å²) in [6.07, 6.45) is -0.771. The molecule has 0 unspecified atom stereocenters. The van der Waals surface area contributed by atoms with Gasteiger partial charge in [-0.1, -0.05) is 53.0 Å². The number of aryl methyl sites for hydroxylation is 1. The van der Waals surface area contributed by atoms with Crippen LogP contribution in [0.3, 0.4) is 0 Å². The van der Waals surface area contributed by atoms with Gasteiger partial charge in [-0.05, 0) is 30.7 Å². The molecular formula is C16H16Cl2N2O2. The lowest BCUT2D eigenvalue weighted by Crippen LogP contribution is -2.32. The first-order valence-electron chi connectivity index (χ1n) is 6.70. The number of urea groups is 1. The summed E-state index contributed by atoms with van der Waals surface area (Å²) in [7, 11) is 0. The van der Waals surface area contributed by atoms with Crippen molar-refractivity contribution in [2.45, 2.75) is 13.0 Å². The number of anilines is 1. The van der Waals surface area contributed by atoms with Gasteiger partial charge in [0.2, 0.25) is 0 Å². The maximum Gasteiger partial charge on any atom is 0.319 e. The normalized spacial score (nSPS) is 11.8. The maximum atomic E-state index is 11.8. The van der Waals surface area contributed by atoms with Gasteiger partial charge in [0, 0.05) is 11.6 Å². The molecule has 1 atom stereocenters. The molecule has 0 saturated carbocycles. The molecular weight excluding hydrogens is 323 g/mol. The van der Waals surface area contributed by atoms with Gasteiger partial charge in [-0.2, -0.15) is 0 Å². The molecule has 2 rings (SSSR count). The largest absolute Gasteiger partial charge is 0.387 e. The Bertz CT molecular complexity index is 660. The zero-order valence-corrected chi connectivity index (χ0v) is 13.4. The number of carbonyl (C=O) groups is 1. The molecule has 0 saturated heterocycles. The molecule has 6 heteroatoms. The maximum absolute atomic E-state index is 11.8. The van der Waals surface area contributed by atoms with Crippen molar-refractivity contribution in [3.63, 3.8) is 0 Å². The molecule has 0 aliphatic carbocycles. The van der Waals surface area contributed by atoms with Crippen LogP contribution in [0.1, 0.15) is 17.2 Å². The third kappa shape index (κ3) is 4.63. The van der Waals surface area contributed by atoms with E-state index >= 15 is 0 Å². The van der Waals surface area contributed by atoms with Crippen LogP contribution in [0.4, 0.5) is 10.5 Å². The lowest BCUT2D eigenvalue weighted by Gasteiger charge is -2.13. The van der Waals surface area contributed by atoms with Gasteiger partial charge in [0.05, 0.1) is 16.8 Å². The number of benzene rings is 2. The van der Waals surface area contributed by atoms with Crippen LogP contribution in [0, 0.1) is 6.92 Å². The number of nitrogens with one attached hydrogen (secondary N) is 2. The SMILES string of the molecule is Cc1ccc([C@H](O)CNC(=O)Nc2ccc(Cl)cc2Cl)cc1. The predicted octanol–water partition coefficient (Wildman–Crippen LogP) is 4.16. The van der Waals surface area contributed by atoms with E-state index in [2.05, 4.69) is 10.6 Å². The molecule has 0 aromatic heterocycles. The van der Waals surface area contributed by atoms with Crippen LogP contribution < -0.4 is 10.6 Å². The first kappa shape index (κ1) is 16.6. The van der Waals surface area contributed by atoms with Crippen molar-refractivity contribution in [1.82, 2.24) is 5.32 Å². The number of aliphatic hydroxyl groups excluding tert-OH is 1. The predicted molar refractivity (Wildman–Crippen MR) is 89.6 cm³/mol. The van der Waals surface area contributed by atoms with E-state index in [0.29, 0.717) is 15.7 Å². The summed E-state index contributed by atoms with van der Waals surface area (Å²) in [4.78, 5) is 11.8. The number of carbonyl (C=O) groups excluding carboxylic acids is 1. The molecule has 2 aromatic carbocycles. The molecule has 0 aliphatic rings. The van der Waals surface area contributed by atoms with Gasteiger partial charge in [-0.25, -0.2) is 4.79 Å². The van der Waals surface area contributed by atoms with Crippen molar-refractivity contribution in [1.29, 1.82) is 0 Å². The molecule has 2 aromatic rings. The summed E-state index contributed by atoms with van der Waals surface area (Å²) in [5.41, 5.74) is 2.31. The van der Waals surface area contributed by atoms with Crippen LogP contribution in [-0.4, -0.2) is 17.7 Å². The number of hydrogen-bond donors (Lipinski definition) is 3. The minimum atomic E-state index is -0.771. The molecule has 0 spiro atoms. The molecule has 116 valence electrons. The van der Waals surface area contributed by atoms with Crippen LogP contribution >= 0.6 is 23.2 Å². The van der Waals surface area contributed by atoms with Gasteiger partial charge in [-0.15, -0.1) is 0 Å². The molecule has 22 heavy (non-hydrogen) atoms. The quantitative estimate of drug-likeness (QED) is 0.783. The summed E-state index contributed by atoms with van der Waals surface area (Å²) in [5, 5.41) is 16.1. The average molecular weight is 339 g/mol. The van der Waals surface area contributed by atoms with E-state index < -0.39 is 12.1 Å². The van der Waals surface area contributed by atoms with Gasteiger partial charge in [-0.3, -0.25) is 0 Å². The van der Waals surface area contributed by atoms with Gasteiger partial charge >= 0.3 is 6.03 Å². The van der Waals surface area contributed by atoms with Crippen LogP contribution in [0.15, 0.2) is 42.5 Å². The molecule has 3 N–H and O–H groups in total. The van der Waals surface area contributed by atoms with E-state index in [1.165, 1.54) is 0 Å². The Balaban J connectivity index is 1.88. The highest BCUT2D eigenvalue weighted by molar-refractivity contribution is 6.36. The van der Waals surface area contributed by atoms with Crippen LogP contribution in [0.2, 0.25) is 10.0 Å². The third-order valence-electron chi connectivity index (χ3n) is 3.10. The van der Waals surface area contributed by atoms with Crippen molar-refractivity contribution in [2.24, 2.45) is 0 Å². The van der Waals surface area contributed by atoms with Crippen molar-refractivity contribution in [3.8, 4) is 0 Å². The first-order valence-corrected chi connectivity index (χ1v) is 7.46. The molecule has 0 fully saturated rings.